The average molecular weight is 419 g/mol. The highest BCUT2D eigenvalue weighted by molar-refractivity contribution is 5.79. The molecule has 7 nitrogen and oxygen atoms in total. The number of hydrogen-bond donors (Lipinski definition) is 2. The fourth-order valence-electron chi connectivity index (χ4n) is 3.73. The van der Waals surface area contributed by atoms with Crippen LogP contribution in [0.5, 0.6) is 5.75 Å². The van der Waals surface area contributed by atoms with Crippen LogP contribution < -0.4 is 15.4 Å². The van der Waals surface area contributed by atoms with Crippen LogP contribution in [0.25, 0.3) is 0 Å². The Kier molecular flexibility index (Phi) is 9.73. The maximum Gasteiger partial charge on any atom is 0.191 e. The smallest absolute Gasteiger partial charge is 0.191 e. The van der Waals surface area contributed by atoms with Crippen LogP contribution in [0.3, 0.4) is 0 Å². The Hall–Kier alpha value is -1.83. The second-order valence-corrected chi connectivity index (χ2v) is 7.99. The van der Waals surface area contributed by atoms with Gasteiger partial charge in [0.15, 0.2) is 5.96 Å². The van der Waals surface area contributed by atoms with Gasteiger partial charge in [0.25, 0.3) is 0 Å². The summed E-state index contributed by atoms with van der Waals surface area (Å²) in [5.41, 5.74) is 2.29. The van der Waals surface area contributed by atoms with Gasteiger partial charge in [-0.05, 0) is 51.3 Å². The van der Waals surface area contributed by atoms with Crippen LogP contribution >= 0.6 is 0 Å². The number of rotatable bonds is 10. The second-order valence-electron chi connectivity index (χ2n) is 7.99. The molecule has 1 unspecified atom stereocenters. The van der Waals surface area contributed by atoms with E-state index in [1.165, 1.54) is 5.56 Å². The fourth-order valence-corrected chi connectivity index (χ4v) is 3.73. The molecular weight excluding hydrogens is 380 g/mol. The minimum absolute atomic E-state index is 0.215. The van der Waals surface area contributed by atoms with Gasteiger partial charge in [0.05, 0.1) is 25.9 Å². The SMILES string of the molecule is CCNC(=NCc1ccc(C)cc1OCC1CCCO1)NCCCN1CCOCC1. The highest BCUT2D eigenvalue weighted by Crippen LogP contribution is 2.23. The van der Waals surface area contributed by atoms with Crippen LogP contribution in [0.1, 0.15) is 37.3 Å². The van der Waals surface area contributed by atoms with Crippen molar-refractivity contribution in [2.75, 3.05) is 59.2 Å². The van der Waals surface area contributed by atoms with Gasteiger partial charge in [-0.1, -0.05) is 12.1 Å². The van der Waals surface area contributed by atoms with Crippen molar-refractivity contribution in [3.63, 3.8) is 0 Å². The van der Waals surface area contributed by atoms with E-state index in [2.05, 4.69) is 47.6 Å². The van der Waals surface area contributed by atoms with E-state index >= 15 is 0 Å². The van der Waals surface area contributed by atoms with Crippen molar-refractivity contribution >= 4 is 5.96 Å². The molecule has 3 rings (SSSR count). The lowest BCUT2D eigenvalue weighted by Crippen LogP contribution is -2.40. The number of guanidine groups is 1. The highest BCUT2D eigenvalue weighted by Gasteiger charge is 2.17. The first-order chi connectivity index (χ1) is 14.7. The van der Waals surface area contributed by atoms with Crippen LogP contribution in [0.15, 0.2) is 23.2 Å². The normalized spacial score (nSPS) is 20.3. The monoisotopic (exact) mass is 418 g/mol. The topological polar surface area (TPSA) is 67.4 Å². The standard InChI is InChI=1S/C23H38N4O3/c1-3-24-23(25-9-5-10-27-11-14-28-15-12-27)26-17-20-8-7-19(2)16-22(20)30-18-21-6-4-13-29-21/h7-8,16,21H,3-6,9-15,17-18H2,1-2H3,(H2,24,25,26). The van der Waals surface area contributed by atoms with E-state index in [0.29, 0.717) is 13.2 Å². The summed E-state index contributed by atoms with van der Waals surface area (Å²) < 4.78 is 17.2. The number of hydrogen-bond acceptors (Lipinski definition) is 5. The third-order valence-electron chi connectivity index (χ3n) is 5.47. The van der Waals surface area contributed by atoms with E-state index in [0.717, 1.165) is 89.1 Å². The number of aryl methyl sites for hydroxylation is 1. The number of aliphatic imine (C=N–C) groups is 1. The molecule has 2 saturated heterocycles. The molecule has 0 saturated carbocycles. The zero-order chi connectivity index (χ0) is 21.0. The Morgan fingerprint density at radius 3 is 2.87 bits per heavy atom. The molecule has 0 aliphatic carbocycles. The quantitative estimate of drug-likeness (QED) is 0.345. The van der Waals surface area contributed by atoms with Crippen LogP contribution in [0.2, 0.25) is 0 Å². The Balaban J connectivity index is 1.49. The predicted octanol–water partition coefficient (Wildman–Crippen LogP) is 2.33. The van der Waals surface area contributed by atoms with Gasteiger partial charge >= 0.3 is 0 Å². The van der Waals surface area contributed by atoms with Crippen LogP contribution in [-0.4, -0.2) is 76.1 Å². The minimum atomic E-state index is 0.215. The largest absolute Gasteiger partial charge is 0.491 e. The number of morpholine rings is 1. The number of nitrogens with zero attached hydrogens (tertiary/aromatic N) is 2. The molecule has 2 aliphatic rings. The van der Waals surface area contributed by atoms with Gasteiger partial charge in [0, 0.05) is 38.3 Å². The van der Waals surface area contributed by atoms with Gasteiger partial charge in [-0.25, -0.2) is 4.99 Å². The maximum atomic E-state index is 6.11. The lowest BCUT2D eigenvalue weighted by molar-refractivity contribution is 0.0376. The van der Waals surface area contributed by atoms with Gasteiger partial charge in [0.2, 0.25) is 0 Å². The molecule has 1 atom stereocenters. The van der Waals surface area contributed by atoms with Crippen molar-refractivity contribution in [3.05, 3.63) is 29.3 Å². The lowest BCUT2D eigenvalue weighted by atomic mass is 10.1. The van der Waals surface area contributed by atoms with Crippen molar-refractivity contribution in [3.8, 4) is 5.75 Å². The summed E-state index contributed by atoms with van der Waals surface area (Å²) in [6, 6.07) is 6.33. The van der Waals surface area contributed by atoms with Crippen molar-refractivity contribution in [1.29, 1.82) is 0 Å². The molecule has 7 heteroatoms. The second kappa shape index (κ2) is 12.8. The molecule has 0 bridgehead atoms. The van der Waals surface area contributed by atoms with Crippen molar-refractivity contribution in [2.45, 2.75) is 45.8 Å². The summed E-state index contributed by atoms with van der Waals surface area (Å²) in [4.78, 5) is 7.25. The molecular formula is C23H38N4O3. The lowest BCUT2D eigenvalue weighted by Gasteiger charge is -2.26. The van der Waals surface area contributed by atoms with Crippen molar-refractivity contribution < 1.29 is 14.2 Å². The third kappa shape index (κ3) is 7.78. The van der Waals surface area contributed by atoms with E-state index in [1.807, 2.05) is 0 Å². The Morgan fingerprint density at radius 2 is 2.10 bits per heavy atom. The number of nitrogens with one attached hydrogen (secondary N) is 2. The first-order valence-electron chi connectivity index (χ1n) is 11.4. The Morgan fingerprint density at radius 1 is 1.23 bits per heavy atom. The fraction of sp³-hybridized carbons (Fsp3) is 0.696. The van der Waals surface area contributed by atoms with Gasteiger partial charge in [-0.2, -0.15) is 0 Å². The molecule has 30 heavy (non-hydrogen) atoms. The third-order valence-corrected chi connectivity index (χ3v) is 5.47. The van der Waals surface area contributed by atoms with Crippen molar-refractivity contribution in [1.82, 2.24) is 15.5 Å². The van der Waals surface area contributed by atoms with Crippen molar-refractivity contribution in [2.24, 2.45) is 4.99 Å². The van der Waals surface area contributed by atoms with E-state index < -0.39 is 0 Å². The molecule has 0 spiro atoms. The zero-order valence-electron chi connectivity index (χ0n) is 18.6. The summed E-state index contributed by atoms with van der Waals surface area (Å²) in [5, 5.41) is 6.80. The van der Waals surface area contributed by atoms with Crippen LogP contribution in [0, 0.1) is 6.92 Å². The summed E-state index contributed by atoms with van der Waals surface area (Å²) in [6.45, 7) is 12.8. The molecule has 0 aromatic heterocycles. The zero-order valence-corrected chi connectivity index (χ0v) is 18.6. The molecule has 0 amide bonds. The van der Waals surface area contributed by atoms with E-state index in [4.69, 9.17) is 19.2 Å². The first-order valence-corrected chi connectivity index (χ1v) is 11.4. The van der Waals surface area contributed by atoms with Gasteiger partial charge in [0.1, 0.15) is 12.4 Å². The number of benzene rings is 1. The van der Waals surface area contributed by atoms with E-state index in [1.54, 1.807) is 0 Å². The molecule has 2 fully saturated rings. The summed E-state index contributed by atoms with van der Waals surface area (Å²) in [7, 11) is 0. The highest BCUT2D eigenvalue weighted by atomic mass is 16.5. The van der Waals surface area contributed by atoms with E-state index in [9.17, 15) is 0 Å². The summed E-state index contributed by atoms with van der Waals surface area (Å²) in [5.74, 6) is 1.77. The van der Waals surface area contributed by atoms with Gasteiger partial charge in [-0.3, -0.25) is 4.90 Å². The Bertz CT molecular complexity index is 656. The molecule has 2 N–H and O–H groups in total. The summed E-state index contributed by atoms with van der Waals surface area (Å²) >= 11 is 0. The molecule has 1 aromatic carbocycles. The molecule has 0 radical (unpaired) electrons. The van der Waals surface area contributed by atoms with Crippen LogP contribution in [-0.2, 0) is 16.0 Å². The van der Waals surface area contributed by atoms with Gasteiger partial charge < -0.3 is 24.8 Å². The average Bonchev–Trinajstić information content (AvgIpc) is 3.29. The Labute approximate surface area is 181 Å². The van der Waals surface area contributed by atoms with E-state index in [-0.39, 0.29) is 6.10 Å². The molecule has 2 aliphatic heterocycles. The number of ether oxygens (including phenoxy) is 3. The molecule has 2 heterocycles. The predicted molar refractivity (Wildman–Crippen MR) is 120 cm³/mol. The first kappa shape index (κ1) is 22.8. The minimum Gasteiger partial charge on any atom is -0.491 e. The summed E-state index contributed by atoms with van der Waals surface area (Å²) in [6.07, 6.45) is 3.51. The van der Waals surface area contributed by atoms with Gasteiger partial charge in [-0.15, -0.1) is 0 Å². The van der Waals surface area contributed by atoms with Crippen LogP contribution in [0.4, 0.5) is 0 Å². The molecule has 1 aromatic rings. The maximum absolute atomic E-state index is 6.11. The molecule has 168 valence electrons.